The molecule has 5 nitrogen and oxygen atoms in total. The molecule has 5 heteroatoms. The maximum absolute atomic E-state index is 12.3. The van der Waals surface area contributed by atoms with Crippen molar-refractivity contribution in [2.75, 3.05) is 36.0 Å². The molecule has 0 N–H and O–H groups in total. The number of carbonyl (C=O) groups excluding carboxylic acids is 1. The van der Waals surface area contributed by atoms with Gasteiger partial charge in [0.2, 0.25) is 0 Å². The SMILES string of the molecule is CC.CC=N/C(=C\C)CN1CCc2ccc(N(CC)C(=O)OCCC)cc21. The summed E-state index contributed by atoms with van der Waals surface area (Å²) in [6.07, 6.45) is 5.44. The molecule has 0 bridgehead atoms. The van der Waals surface area contributed by atoms with Crippen LogP contribution in [0.5, 0.6) is 0 Å². The van der Waals surface area contributed by atoms with Gasteiger partial charge in [0, 0.05) is 30.7 Å². The van der Waals surface area contributed by atoms with Gasteiger partial charge in [0.25, 0.3) is 0 Å². The molecular weight excluding hydrogens is 338 g/mol. The Morgan fingerprint density at radius 2 is 2.04 bits per heavy atom. The lowest BCUT2D eigenvalue weighted by Gasteiger charge is -2.24. The van der Waals surface area contributed by atoms with E-state index in [1.165, 1.54) is 11.3 Å². The van der Waals surface area contributed by atoms with Crippen molar-refractivity contribution in [2.24, 2.45) is 4.99 Å². The largest absolute Gasteiger partial charge is 0.449 e. The Morgan fingerprint density at radius 3 is 2.63 bits per heavy atom. The van der Waals surface area contributed by atoms with Gasteiger partial charge in [-0.1, -0.05) is 32.9 Å². The van der Waals surface area contributed by atoms with Gasteiger partial charge in [0.15, 0.2) is 0 Å². The van der Waals surface area contributed by atoms with Crippen molar-refractivity contribution in [1.29, 1.82) is 0 Å². The third-order valence-corrected chi connectivity index (χ3v) is 4.32. The van der Waals surface area contributed by atoms with Crippen molar-refractivity contribution in [1.82, 2.24) is 0 Å². The van der Waals surface area contributed by atoms with Gasteiger partial charge in [-0.05, 0) is 51.3 Å². The monoisotopic (exact) mass is 373 g/mol. The van der Waals surface area contributed by atoms with E-state index in [0.29, 0.717) is 13.2 Å². The Labute approximate surface area is 164 Å². The zero-order valence-corrected chi connectivity index (χ0v) is 17.8. The summed E-state index contributed by atoms with van der Waals surface area (Å²) in [6, 6.07) is 6.24. The van der Waals surface area contributed by atoms with Crippen LogP contribution in [0.2, 0.25) is 0 Å². The van der Waals surface area contributed by atoms with Gasteiger partial charge in [0.05, 0.1) is 18.8 Å². The molecule has 2 rings (SSSR count). The van der Waals surface area contributed by atoms with Crippen molar-refractivity contribution in [3.63, 3.8) is 0 Å². The summed E-state index contributed by atoms with van der Waals surface area (Å²) in [6.45, 7) is 14.7. The minimum absolute atomic E-state index is 0.279. The topological polar surface area (TPSA) is 45.1 Å². The molecule has 1 aromatic rings. The van der Waals surface area contributed by atoms with Gasteiger partial charge in [0.1, 0.15) is 0 Å². The van der Waals surface area contributed by atoms with Crippen LogP contribution in [0.3, 0.4) is 0 Å². The first-order valence-corrected chi connectivity index (χ1v) is 10.1. The number of fused-ring (bicyclic) bond motifs is 1. The van der Waals surface area contributed by atoms with Crippen LogP contribution in [-0.4, -0.2) is 38.5 Å². The van der Waals surface area contributed by atoms with E-state index in [4.69, 9.17) is 4.74 Å². The molecule has 1 heterocycles. The summed E-state index contributed by atoms with van der Waals surface area (Å²) >= 11 is 0. The molecule has 0 fully saturated rings. The van der Waals surface area contributed by atoms with E-state index in [-0.39, 0.29) is 6.09 Å². The van der Waals surface area contributed by atoms with Crippen molar-refractivity contribution < 1.29 is 9.53 Å². The van der Waals surface area contributed by atoms with E-state index in [0.717, 1.165) is 37.3 Å². The minimum Gasteiger partial charge on any atom is -0.449 e. The Balaban J connectivity index is 0.00000176. The maximum atomic E-state index is 12.3. The summed E-state index contributed by atoms with van der Waals surface area (Å²) in [5.41, 5.74) is 4.44. The van der Waals surface area contributed by atoms with Crippen LogP contribution in [-0.2, 0) is 11.2 Å². The van der Waals surface area contributed by atoms with E-state index in [2.05, 4.69) is 22.0 Å². The van der Waals surface area contributed by atoms with Crippen molar-refractivity contribution in [3.05, 3.63) is 35.5 Å². The molecule has 0 atom stereocenters. The second-order valence-corrected chi connectivity index (χ2v) is 6.01. The van der Waals surface area contributed by atoms with Crippen LogP contribution in [0.25, 0.3) is 0 Å². The molecule has 0 aliphatic carbocycles. The van der Waals surface area contributed by atoms with E-state index in [9.17, 15) is 4.79 Å². The zero-order chi connectivity index (χ0) is 20.2. The number of benzene rings is 1. The van der Waals surface area contributed by atoms with Crippen LogP contribution in [0.4, 0.5) is 16.2 Å². The predicted octanol–water partition coefficient (Wildman–Crippen LogP) is 5.44. The molecule has 0 aromatic heterocycles. The van der Waals surface area contributed by atoms with Crippen molar-refractivity contribution >= 4 is 23.7 Å². The van der Waals surface area contributed by atoms with Crippen molar-refractivity contribution in [3.8, 4) is 0 Å². The molecule has 0 spiro atoms. The van der Waals surface area contributed by atoms with Crippen LogP contribution >= 0.6 is 0 Å². The number of ether oxygens (including phenoxy) is 1. The van der Waals surface area contributed by atoms with Gasteiger partial charge in [-0.2, -0.15) is 0 Å². The van der Waals surface area contributed by atoms with E-state index < -0.39 is 0 Å². The van der Waals surface area contributed by atoms with Crippen LogP contribution in [0.15, 0.2) is 35.0 Å². The Kier molecular flexibility index (Phi) is 10.2. The smallest absolute Gasteiger partial charge is 0.414 e. The summed E-state index contributed by atoms with van der Waals surface area (Å²) in [7, 11) is 0. The third-order valence-electron chi connectivity index (χ3n) is 4.32. The third kappa shape index (κ3) is 6.12. The van der Waals surface area contributed by atoms with E-state index in [1.54, 1.807) is 4.90 Å². The number of nitrogens with zero attached hydrogens (tertiary/aromatic N) is 3. The normalized spacial score (nSPS) is 13.3. The van der Waals surface area contributed by atoms with Crippen LogP contribution in [0.1, 0.15) is 53.5 Å². The zero-order valence-electron chi connectivity index (χ0n) is 17.8. The highest BCUT2D eigenvalue weighted by Crippen LogP contribution is 2.33. The Morgan fingerprint density at radius 1 is 1.30 bits per heavy atom. The van der Waals surface area contributed by atoms with Gasteiger partial charge >= 0.3 is 6.09 Å². The number of hydrogen-bond acceptors (Lipinski definition) is 4. The Bertz CT molecular complexity index is 653. The fraction of sp³-hybridized carbons (Fsp3) is 0.545. The molecule has 0 saturated carbocycles. The second-order valence-electron chi connectivity index (χ2n) is 6.01. The average molecular weight is 374 g/mol. The van der Waals surface area contributed by atoms with Gasteiger partial charge in [-0.3, -0.25) is 9.89 Å². The first-order valence-electron chi connectivity index (χ1n) is 10.1. The fourth-order valence-corrected chi connectivity index (χ4v) is 3.02. The number of allylic oxidation sites excluding steroid dienone is 1. The molecule has 27 heavy (non-hydrogen) atoms. The van der Waals surface area contributed by atoms with E-state index in [1.807, 2.05) is 59.9 Å². The number of hydrogen-bond donors (Lipinski definition) is 0. The second kappa shape index (κ2) is 12.2. The molecule has 1 aromatic carbocycles. The molecule has 0 radical (unpaired) electrons. The summed E-state index contributed by atoms with van der Waals surface area (Å²) < 4.78 is 5.30. The minimum atomic E-state index is -0.279. The molecule has 1 aliphatic rings. The van der Waals surface area contributed by atoms with E-state index >= 15 is 0 Å². The molecular formula is C22H35N3O2. The lowest BCUT2D eigenvalue weighted by molar-refractivity contribution is 0.154. The highest BCUT2D eigenvalue weighted by atomic mass is 16.6. The number of rotatable bonds is 7. The van der Waals surface area contributed by atoms with Gasteiger partial charge in [-0.15, -0.1) is 0 Å². The number of aliphatic imine (C=N–C) groups is 1. The molecule has 1 amide bonds. The molecule has 0 saturated heterocycles. The lowest BCUT2D eigenvalue weighted by Crippen LogP contribution is -2.31. The Hall–Kier alpha value is -2.30. The quantitative estimate of drug-likeness (QED) is 0.598. The summed E-state index contributed by atoms with van der Waals surface area (Å²) in [4.78, 5) is 20.7. The summed E-state index contributed by atoms with van der Waals surface area (Å²) in [5.74, 6) is 0. The molecule has 0 unspecified atom stereocenters. The van der Waals surface area contributed by atoms with Gasteiger partial charge < -0.3 is 9.64 Å². The number of anilines is 2. The van der Waals surface area contributed by atoms with Crippen molar-refractivity contribution in [2.45, 2.75) is 54.4 Å². The number of amides is 1. The van der Waals surface area contributed by atoms with Gasteiger partial charge in [-0.25, -0.2) is 4.79 Å². The fourth-order valence-electron chi connectivity index (χ4n) is 3.02. The first-order chi connectivity index (χ1) is 13.1. The highest BCUT2D eigenvalue weighted by Gasteiger charge is 2.23. The highest BCUT2D eigenvalue weighted by molar-refractivity contribution is 5.88. The maximum Gasteiger partial charge on any atom is 0.414 e. The number of carbonyl (C=O) groups is 1. The average Bonchev–Trinajstić information content (AvgIpc) is 3.10. The standard InChI is InChI=1S/C20H29N3O2.C2H6/c1-5-13-25-20(24)23(8-4)18-10-9-16-11-12-22(19(16)14-18)15-17(6-2)21-7-3;1-2/h6-7,9-10,14H,5,8,11-13,15H2,1-4H3;1-2H3/b17-6-,21-7?;. The lowest BCUT2D eigenvalue weighted by atomic mass is 10.1. The van der Waals surface area contributed by atoms with Crippen LogP contribution in [0, 0.1) is 0 Å². The first kappa shape index (κ1) is 22.7. The molecule has 1 aliphatic heterocycles. The predicted molar refractivity (Wildman–Crippen MR) is 116 cm³/mol. The summed E-state index contributed by atoms with van der Waals surface area (Å²) in [5, 5.41) is 0. The molecule has 150 valence electrons. The van der Waals surface area contributed by atoms with Crippen LogP contribution < -0.4 is 9.80 Å².